The molecule has 116 valence electrons. The van der Waals surface area contributed by atoms with Crippen LogP contribution in [0.25, 0.3) is 0 Å². The summed E-state index contributed by atoms with van der Waals surface area (Å²) in [5.41, 5.74) is 4.87. The van der Waals surface area contributed by atoms with Crippen molar-refractivity contribution in [2.75, 3.05) is 12.9 Å². The Morgan fingerprint density at radius 3 is 2.35 bits per heavy atom. The number of carbonyl (C=O) groups is 3. The number of carbonyl (C=O) groups excluding carboxylic acids is 2. The molecule has 0 rings (SSSR count). The number of carboxylic acid groups (broad SMARTS) is 1. The highest BCUT2D eigenvalue weighted by Crippen LogP contribution is 2.03. The molecule has 0 aliphatic carbocycles. The van der Waals surface area contributed by atoms with E-state index in [-0.39, 0.29) is 25.7 Å². The van der Waals surface area contributed by atoms with E-state index >= 15 is 0 Å². The third kappa shape index (κ3) is 8.43. The van der Waals surface area contributed by atoms with E-state index in [1.807, 2.05) is 4.72 Å². The van der Waals surface area contributed by atoms with Crippen LogP contribution in [0, 0.1) is 0 Å². The van der Waals surface area contributed by atoms with Gasteiger partial charge in [-0.05, 0) is 12.8 Å². The first-order valence-corrected chi connectivity index (χ1v) is 7.41. The van der Waals surface area contributed by atoms with Gasteiger partial charge in [-0.2, -0.15) is 0 Å². The van der Waals surface area contributed by atoms with Gasteiger partial charge in [-0.15, -0.1) is 0 Å². The second-order valence-electron chi connectivity index (χ2n) is 4.01. The predicted molar refractivity (Wildman–Crippen MR) is 68.0 cm³/mol. The molecule has 0 heterocycles. The number of hydrogen-bond acceptors (Lipinski definition) is 6. The lowest BCUT2D eigenvalue weighted by atomic mass is 10.2. The average Bonchev–Trinajstić information content (AvgIpc) is 2.33. The lowest BCUT2D eigenvalue weighted by Crippen LogP contribution is -2.42. The SMILES string of the molecule is COC(=O)CCCS(=O)(=O)NC(CCC(N)=O)C(=O)O. The van der Waals surface area contributed by atoms with Gasteiger partial charge in [0.1, 0.15) is 6.04 Å². The van der Waals surface area contributed by atoms with Gasteiger partial charge in [-0.25, -0.2) is 13.1 Å². The summed E-state index contributed by atoms with van der Waals surface area (Å²) in [6.07, 6.45) is -0.566. The maximum atomic E-state index is 11.6. The Bertz CT molecular complexity index is 460. The molecule has 4 N–H and O–H groups in total. The third-order valence-electron chi connectivity index (χ3n) is 2.32. The van der Waals surface area contributed by atoms with Gasteiger partial charge in [0.15, 0.2) is 0 Å². The van der Waals surface area contributed by atoms with Crippen molar-refractivity contribution in [3.05, 3.63) is 0 Å². The molecule has 0 fully saturated rings. The molecule has 0 aliphatic rings. The summed E-state index contributed by atoms with van der Waals surface area (Å²) in [6, 6.07) is -1.43. The van der Waals surface area contributed by atoms with Gasteiger partial charge in [0.05, 0.1) is 12.9 Å². The molecule has 1 amide bonds. The van der Waals surface area contributed by atoms with E-state index in [4.69, 9.17) is 10.8 Å². The van der Waals surface area contributed by atoms with Crippen LogP contribution in [-0.2, 0) is 29.1 Å². The molecular weight excluding hydrogens is 292 g/mol. The molecule has 0 saturated carbocycles. The summed E-state index contributed by atoms with van der Waals surface area (Å²) in [5.74, 6) is -3.09. The van der Waals surface area contributed by atoms with E-state index in [0.29, 0.717) is 0 Å². The maximum Gasteiger partial charge on any atom is 0.321 e. The van der Waals surface area contributed by atoms with Gasteiger partial charge in [-0.3, -0.25) is 14.4 Å². The fourth-order valence-electron chi connectivity index (χ4n) is 1.30. The molecule has 0 saturated heterocycles. The Morgan fingerprint density at radius 1 is 1.30 bits per heavy atom. The number of rotatable bonds is 10. The first kappa shape index (κ1) is 18.3. The van der Waals surface area contributed by atoms with Crippen molar-refractivity contribution in [1.82, 2.24) is 4.72 Å². The van der Waals surface area contributed by atoms with Gasteiger partial charge in [-0.1, -0.05) is 0 Å². The van der Waals surface area contributed by atoms with E-state index in [9.17, 15) is 22.8 Å². The number of amides is 1. The number of hydrogen-bond donors (Lipinski definition) is 3. The van der Waals surface area contributed by atoms with Crippen LogP contribution in [0.2, 0.25) is 0 Å². The van der Waals surface area contributed by atoms with Crippen LogP contribution < -0.4 is 10.5 Å². The normalized spacial score (nSPS) is 12.7. The Morgan fingerprint density at radius 2 is 1.90 bits per heavy atom. The Hall–Kier alpha value is -1.68. The van der Waals surface area contributed by atoms with Gasteiger partial charge in [0.25, 0.3) is 0 Å². The number of sulfonamides is 1. The molecule has 1 atom stereocenters. The van der Waals surface area contributed by atoms with Crippen LogP contribution in [0.1, 0.15) is 25.7 Å². The molecule has 0 radical (unpaired) electrons. The molecule has 9 nitrogen and oxygen atoms in total. The number of ether oxygens (including phenoxy) is 1. The van der Waals surface area contributed by atoms with Crippen LogP contribution in [0.15, 0.2) is 0 Å². The minimum Gasteiger partial charge on any atom is -0.480 e. The molecule has 0 bridgehead atoms. The van der Waals surface area contributed by atoms with E-state index in [0.717, 1.165) is 0 Å². The lowest BCUT2D eigenvalue weighted by molar-refractivity contribution is -0.141. The van der Waals surface area contributed by atoms with Crippen molar-refractivity contribution in [3.8, 4) is 0 Å². The predicted octanol–water partition coefficient (Wildman–Crippen LogP) is -1.42. The van der Waals surface area contributed by atoms with Crippen molar-refractivity contribution in [3.63, 3.8) is 0 Å². The van der Waals surface area contributed by atoms with Crippen LogP contribution in [0.3, 0.4) is 0 Å². The lowest BCUT2D eigenvalue weighted by Gasteiger charge is -2.13. The minimum absolute atomic E-state index is 0.00413. The first-order valence-electron chi connectivity index (χ1n) is 5.76. The number of aliphatic carboxylic acids is 1. The minimum atomic E-state index is -3.87. The number of esters is 1. The van der Waals surface area contributed by atoms with Crippen molar-refractivity contribution in [2.45, 2.75) is 31.7 Å². The van der Waals surface area contributed by atoms with Gasteiger partial charge < -0.3 is 15.6 Å². The van der Waals surface area contributed by atoms with Crippen LogP contribution >= 0.6 is 0 Å². The Kier molecular flexibility index (Phi) is 7.77. The molecule has 1 unspecified atom stereocenters. The quantitative estimate of drug-likeness (QED) is 0.418. The number of primary amides is 1. The van der Waals surface area contributed by atoms with E-state index in [2.05, 4.69) is 4.74 Å². The zero-order valence-corrected chi connectivity index (χ0v) is 11.8. The van der Waals surface area contributed by atoms with Crippen molar-refractivity contribution >= 4 is 27.9 Å². The highest BCUT2D eigenvalue weighted by molar-refractivity contribution is 7.89. The highest BCUT2D eigenvalue weighted by atomic mass is 32.2. The van der Waals surface area contributed by atoms with E-state index in [1.54, 1.807) is 0 Å². The van der Waals surface area contributed by atoms with Crippen LogP contribution in [0.4, 0.5) is 0 Å². The number of nitrogens with one attached hydrogen (secondary N) is 1. The summed E-state index contributed by atoms with van der Waals surface area (Å²) < 4.78 is 29.5. The molecule has 20 heavy (non-hydrogen) atoms. The van der Waals surface area contributed by atoms with Crippen LogP contribution in [0.5, 0.6) is 0 Å². The number of nitrogens with two attached hydrogens (primary N) is 1. The van der Waals surface area contributed by atoms with Gasteiger partial charge >= 0.3 is 11.9 Å². The molecular formula is C10H18N2O7S. The van der Waals surface area contributed by atoms with Crippen LogP contribution in [-0.4, -0.2) is 50.3 Å². The molecule has 0 aromatic rings. The molecule has 0 spiro atoms. The van der Waals surface area contributed by atoms with Gasteiger partial charge in [0.2, 0.25) is 15.9 Å². The van der Waals surface area contributed by atoms with Crippen molar-refractivity contribution in [1.29, 1.82) is 0 Å². The second-order valence-corrected chi connectivity index (χ2v) is 5.89. The molecule has 0 aliphatic heterocycles. The monoisotopic (exact) mass is 310 g/mol. The third-order valence-corrected chi connectivity index (χ3v) is 3.79. The largest absolute Gasteiger partial charge is 0.480 e. The molecule has 0 aromatic heterocycles. The zero-order valence-electron chi connectivity index (χ0n) is 11.0. The second kappa shape index (κ2) is 8.48. The molecule has 0 aromatic carbocycles. The Labute approximate surface area is 116 Å². The summed E-state index contributed by atoms with van der Waals surface area (Å²) in [7, 11) is -2.69. The van der Waals surface area contributed by atoms with E-state index < -0.39 is 39.7 Å². The molecule has 10 heteroatoms. The summed E-state index contributed by atoms with van der Waals surface area (Å²) in [6.45, 7) is 0. The van der Waals surface area contributed by atoms with E-state index in [1.165, 1.54) is 7.11 Å². The maximum absolute atomic E-state index is 11.6. The van der Waals surface area contributed by atoms with Crippen molar-refractivity contribution in [2.24, 2.45) is 5.73 Å². The highest BCUT2D eigenvalue weighted by Gasteiger charge is 2.24. The topological polar surface area (TPSA) is 153 Å². The summed E-state index contributed by atoms with van der Waals surface area (Å²) in [4.78, 5) is 32.3. The fraction of sp³-hybridized carbons (Fsp3) is 0.700. The summed E-state index contributed by atoms with van der Waals surface area (Å²) >= 11 is 0. The smallest absolute Gasteiger partial charge is 0.321 e. The number of methoxy groups -OCH3 is 1. The van der Waals surface area contributed by atoms with Crippen molar-refractivity contribution < 1.29 is 32.6 Å². The average molecular weight is 310 g/mol. The fourth-order valence-corrected chi connectivity index (χ4v) is 2.60. The van der Waals surface area contributed by atoms with Gasteiger partial charge in [0, 0.05) is 12.8 Å². The summed E-state index contributed by atoms with van der Waals surface area (Å²) in [5, 5.41) is 8.85. The zero-order chi connectivity index (χ0) is 15.8. The standard InChI is InChI=1S/C10H18N2O7S/c1-19-9(14)3-2-6-20(17,18)12-7(10(15)16)4-5-8(11)13/h7,12H,2-6H2,1H3,(H2,11,13)(H,15,16). The first-order chi connectivity index (χ1) is 9.18. The number of carboxylic acids is 1. The Balaban J connectivity index is 4.41.